The van der Waals surface area contributed by atoms with Crippen molar-refractivity contribution in [3.05, 3.63) is 47.6 Å². The third-order valence-corrected chi connectivity index (χ3v) is 6.54. The van der Waals surface area contributed by atoms with E-state index in [2.05, 4.69) is 23.9 Å². The molecular weight excluding hydrogens is 357 g/mol. The van der Waals surface area contributed by atoms with Gasteiger partial charge in [0.1, 0.15) is 11.6 Å². The number of amides is 1. The first-order valence-electron chi connectivity index (χ1n) is 10.2. The van der Waals surface area contributed by atoms with Crippen LogP contribution in [0.4, 0.5) is 10.1 Å². The molecule has 0 N–H and O–H groups in total. The van der Waals surface area contributed by atoms with Gasteiger partial charge in [0.25, 0.3) is 5.91 Å². The second-order valence-electron chi connectivity index (χ2n) is 9.12. The van der Waals surface area contributed by atoms with E-state index in [1.54, 1.807) is 12.1 Å². The second kappa shape index (κ2) is 6.33. The van der Waals surface area contributed by atoms with Gasteiger partial charge in [0.2, 0.25) is 0 Å². The quantitative estimate of drug-likeness (QED) is 0.797. The Morgan fingerprint density at radius 3 is 2.82 bits per heavy atom. The van der Waals surface area contributed by atoms with E-state index in [-0.39, 0.29) is 17.3 Å². The van der Waals surface area contributed by atoms with E-state index in [0.717, 1.165) is 37.1 Å². The van der Waals surface area contributed by atoms with E-state index in [4.69, 9.17) is 4.52 Å². The number of carbonyl (C=O) groups excluding carboxylic acids is 1. The predicted molar refractivity (Wildman–Crippen MR) is 104 cm³/mol. The highest BCUT2D eigenvalue weighted by molar-refractivity contribution is 5.92. The SMILES string of the molecule is CC1(C)C[C@@H]2CN(C(=O)c3cc(C4CC4)on3)CC[C@@H]2N1c1cccc(F)c1. The van der Waals surface area contributed by atoms with Crippen molar-refractivity contribution in [1.82, 2.24) is 10.1 Å². The Kier molecular flexibility index (Phi) is 4.00. The Morgan fingerprint density at radius 1 is 1.25 bits per heavy atom. The van der Waals surface area contributed by atoms with Gasteiger partial charge in [-0.15, -0.1) is 0 Å². The molecular formula is C22H26FN3O2. The standard InChI is InChI=1S/C22H26FN3O2/c1-22(2)12-15-13-25(21(27)18-11-20(28-24-18)14-6-7-14)9-8-19(15)26(22)17-5-3-4-16(23)10-17/h3-5,10-11,14-15,19H,6-9,12-13H2,1-2H3/t15-,19+/m1/s1. The largest absolute Gasteiger partial charge is 0.363 e. The first-order valence-corrected chi connectivity index (χ1v) is 10.2. The normalized spacial score (nSPS) is 26.4. The number of piperidine rings is 1. The number of hydrogen-bond acceptors (Lipinski definition) is 4. The van der Waals surface area contributed by atoms with Crippen molar-refractivity contribution in [3.63, 3.8) is 0 Å². The maximum Gasteiger partial charge on any atom is 0.276 e. The van der Waals surface area contributed by atoms with Gasteiger partial charge in [-0.3, -0.25) is 4.79 Å². The highest BCUT2D eigenvalue weighted by Crippen LogP contribution is 2.45. The van der Waals surface area contributed by atoms with Crippen molar-refractivity contribution in [2.75, 3.05) is 18.0 Å². The Bertz CT molecular complexity index is 905. The summed E-state index contributed by atoms with van der Waals surface area (Å²) >= 11 is 0. The lowest BCUT2D eigenvalue weighted by Crippen LogP contribution is -2.50. The van der Waals surface area contributed by atoms with Gasteiger partial charge in [0.05, 0.1) is 0 Å². The smallest absolute Gasteiger partial charge is 0.276 e. The fraction of sp³-hybridized carbons (Fsp3) is 0.545. The lowest BCUT2D eigenvalue weighted by molar-refractivity contribution is 0.0657. The minimum Gasteiger partial charge on any atom is -0.363 e. The van der Waals surface area contributed by atoms with Gasteiger partial charge in [-0.05, 0) is 63.6 Å². The maximum absolute atomic E-state index is 13.8. The summed E-state index contributed by atoms with van der Waals surface area (Å²) in [4.78, 5) is 17.2. The molecule has 2 atom stereocenters. The van der Waals surface area contributed by atoms with Gasteiger partial charge in [0, 0.05) is 42.3 Å². The van der Waals surface area contributed by atoms with Gasteiger partial charge in [-0.25, -0.2) is 4.39 Å². The van der Waals surface area contributed by atoms with Crippen LogP contribution in [0.3, 0.4) is 0 Å². The Morgan fingerprint density at radius 2 is 2.07 bits per heavy atom. The van der Waals surface area contributed by atoms with Crippen LogP contribution in [0.15, 0.2) is 34.9 Å². The Labute approximate surface area is 164 Å². The Balaban J connectivity index is 1.34. The molecule has 0 unspecified atom stereocenters. The molecule has 148 valence electrons. The monoisotopic (exact) mass is 383 g/mol. The minimum absolute atomic E-state index is 0.0314. The summed E-state index contributed by atoms with van der Waals surface area (Å²) in [5.41, 5.74) is 1.29. The number of rotatable bonds is 3. The molecule has 5 rings (SSSR count). The zero-order valence-corrected chi connectivity index (χ0v) is 16.4. The first-order chi connectivity index (χ1) is 13.4. The summed E-state index contributed by atoms with van der Waals surface area (Å²) in [5.74, 6) is 1.43. The molecule has 28 heavy (non-hydrogen) atoms. The molecule has 1 saturated carbocycles. The molecule has 1 aromatic carbocycles. The van der Waals surface area contributed by atoms with E-state index < -0.39 is 0 Å². The summed E-state index contributed by atoms with van der Waals surface area (Å²) in [6.45, 7) is 5.82. The topological polar surface area (TPSA) is 49.6 Å². The van der Waals surface area contributed by atoms with Gasteiger partial charge < -0.3 is 14.3 Å². The van der Waals surface area contributed by atoms with Crippen LogP contribution in [0.25, 0.3) is 0 Å². The van der Waals surface area contributed by atoms with Crippen LogP contribution in [0.2, 0.25) is 0 Å². The van der Waals surface area contributed by atoms with E-state index >= 15 is 0 Å². The fourth-order valence-corrected chi connectivity index (χ4v) is 5.21. The lowest BCUT2D eigenvalue weighted by atomic mass is 9.89. The van der Waals surface area contributed by atoms with Crippen LogP contribution < -0.4 is 4.90 Å². The number of benzene rings is 1. The number of aromatic nitrogens is 1. The maximum atomic E-state index is 13.8. The van der Waals surface area contributed by atoms with E-state index in [1.165, 1.54) is 6.07 Å². The van der Waals surface area contributed by atoms with Crippen molar-refractivity contribution < 1.29 is 13.7 Å². The van der Waals surface area contributed by atoms with E-state index in [0.29, 0.717) is 36.7 Å². The third-order valence-electron chi connectivity index (χ3n) is 6.54. The number of nitrogens with zero attached hydrogens (tertiary/aromatic N) is 3. The zero-order valence-electron chi connectivity index (χ0n) is 16.4. The molecule has 0 radical (unpaired) electrons. The number of halogens is 1. The van der Waals surface area contributed by atoms with Crippen molar-refractivity contribution in [2.45, 2.75) is 57.0 Å². The Hall–Kier alpha value is -2.37. The van der Waals surface area contributed by atoms with Gasteiger partial charge in [-0.1, -0.05) is 11.2 Å². The van der Waals surface area contributed by atoms with Gasteiger partial charge in [-0.2, -0.15) is 0 Å². The van der Waals surface area contributed by atoms with E-state index in [9.17, 15) is 9.18 Å². The summed E-state index contributed by atoms with van der Waals surface area (Å²) in [6.07, 6.45) is 4.11. The number of anilines is 1. The van der Waals surface area contributed by atoms with Crippen LogP contribution in [0, 0.1) is 11.7 Å². The van der Waals surface area contributed by atoms with Crippen molar-refractivity contribution >= 4 is 11.6 Å². The molecule has 3 heterocycles. The highest BCUT2D eigenvalue weighted by Gasteiger charge is 2.49. The molecule has 1 aromatic heterocycles. The average Bonchev–Trinajstić information content (AvgIpc) is 3.31. The van der Waals surface area contributed by atoms with Crippen LogP contribution in [-0.2, 0) is 0 Å². The molecule has 0 bridgehead atoms. The fourth-order valence-electron chi connectivity index (χ4n) is 5.21. The summed E-state index contributed by atoms with van der Waals surface area (Å²) in [6, 6.07) is 9.01. The first kappa shape index (κ1) is 17.7. The molecule has 1 amide bonds. The molecule has 6 heteroatoms. The molecule has 5 nitrogen and oxygen atoms in total. The lowest BCUT2D eigenvalue weighted by Gasteiger charge is -2.41. The molecule has 3 fully saturated rings. The van der Waals surface area contributed by atoms with Crippen LogP contribution >= 0.6 is 0 Å². The van der Waals surface area contributed by atoms with Crippen molar-refractivity contribution in [1.29, 1.82) is 0 Å². The molecule has 1 aliphatic carbocycles. The van der Waals surface area contributed by atoms with Crippen LogP contribution in [0.5, 0.6) is 0 Å². The third kappa shape index (κ3) is 2.99. The molecule has 0 spiro atoms. The van der Waals surface area contributed by atoms with Crippen molar-refractivity contribution in [3.8, 4) is 0 Å². The van der Waals surface area contributed by atoms with Gasteiger partial charge >= 0.3 is 0 Å². The number of carbonyl (C=O) groups is 1. The molecule has 2 aliphatic heterocycles. The molecule has 2 saturated heterocycles. The zero-order chi connectivity index (χ0) is 19.5. The average molecular weight is 383 g/mol. The summed E-state index contributed by atoms with van der Waals surface area (Å²) in [7, 11) is 0. The second-order valence-corrected chi connectivity index (χ2v) is 9.12. The van der Waals surface area contributed by atoms with E-state index in [1.807, 2.05) is 17.0 Å². The number of fused-ring (bicyclic) bond motifs is 1. The van der Waals surface area contributed by atoms with Crippen molar-refractivity contribution in [2.24, 2.45) is 5.92 Å². The predicted octanol–water partition coefficient (Wildman–Crippen LogP) is 4.21. The van der Waals surface area contributed by atoms with Crippen LogP contribution in [0.1, 0.15) is 61.7 Å². The summed E-state index contributed by atoms with van der Waals surface area (Å²) in [5, 5.41) is 4.02. The molecule has 2 aromatic rings. The summed E-state index contributed by atoms with van der Waals surface area (Å²) < 4.78 is 19.2. The number of hydrogen-bond donors (Lipinski definition) is 0. The molecule has 3 aliphatic rings. The minimum atomic E-state index is -0.207. The van der Waals surface area contributed by atoms with Gasteiger partial charge in [0.15, 0.2) is 5.69 Å². The highest BCUT2D eigenvalue weighted by atomic mass is 19.1. The number of likely N-dealkylation sites (tertiary alicyclic amines) is 1. The van der Waals surface area contributed by atoms with Crippen LogP contribution in [-0.4, -0.2) is 40.6 Å².